The highest BCUT2D eigenvalue weighted by atomic mass is 19.1. The minimum absolute atomic E-state index is 0.136. The molecule has 3 amide bonds. The van der Waals surface area contributed by atoms with Crippen LogP contribution in [0.25, 0.3) is 0 Å². The van der Waals surface area contributed by atoms with E-state index in [9.17, 15) is 14.8 Å². The molecule has 1 saturated carbocycles. The van der Waals surface area contributed by atoms with Crippen LogP contribution in [0.3, 0.4) is 0 Å². The van der Waals surface area contributed by atoms with E-state index in [4.69, 9.17) is 0 Å². The van der Waals surface area contributed by atoms with Crippen molar-refractivity contribution in [2.75, 3.05) is 21.8 Å². The Morgan fingerprint density at radius 1 is 1.00 bits per heavy atom. The highest BCUT2D eigenvalue weighted by Crippen LogP contribution is 2.35. The summed E-state index contributed by atoms with van der Waals surface area (Å²) in [6, 6.07) is 19.7. The summed E-state index contributed by atoms with van der Waals surface area (Å²) in [4.78, 5) is 32.1. The molecule has 42 heavy (non-hydrogen) atoms. The monoisotopic (exact) mass is 570 g/mol. The summed E-state index contributed by atoms with van der Waals surface area (Å²) in [5.41, 5.74) is 3.97. The molecule has 1 aliphatic heterocycles. The van der Waals surface area contributed by atoms with Crippen molar-refractivity contribution in [1.82, 2.24) is 20.3 Å². The minimum atomic E-state index is -1.61. The molecule has 2 aliphatic rings. The molecule has 216 valence electrons. The van der Waals surface area contributed by atoms with E-state index in [0.29, 0.717) is 29.4 Å². The van der Waals surface area contributed by atoms with Crippen molar-refractivity contribution < 1.29 is 19.0 Å². The van der Waals surface area contributed by atoms with Gasteiger partial charge in [0, 0.05) is 12.1 Å². The zero-order chi connectivity index (χ0) is 29.1. The first-order valence-corrected chi connectivity index (χ1v) is 14.1. The predicted octanol–water partition coefficient (Wildman–Crippen LogP) is 3.41. The summed E-state index contributed by atoms with van der Waals surface area (Å²) >= 11 is 0. The largest absolute Gasteiger partial charge is 0.632 e. The van der Waals surface area contributed by atoms with Crippen LogP contribution in [0, 0.1) is 16.9 Å². The van der Waals surface area contributed by atoms with Crippen LogP contribution in [0.2, 0.25) is 0 Å². The number of carbonyl (C=O) groups is 2. The van der Waals surface area contributed by atoms with Gasteiger partial charge in [0.1, 0.15) is 11.9 Å². The molecule has 11 nitrogen and oxygen atoms in total. The molecule has 0 saturated heterocycles. The molecule has 1 aliphatic carbocycles. The molecule has 2 heterocycles. The summed E-state index contributed by atoms with van der Waals surface area (Å²) in [6.45, 7) is 0.364. The average molecular weight is 571 g/mol. The lowest BCUT2D eigenvalue weighted by Gasteiger charge is -2.40. The number of para-hydroxylation sites is 2. The number of aromatic nitrogens is 4. The number of rotatable bonds is 7. The number of fused-ring (bicyclic) bond motifs is 1. The summed E-state index contributed by atoms with van der Waals surface area (Å²) in [7, 11) is 0. The molecule has 6 rings (SSSR count). The van der Waals surface area contributed by atoms with Gasteiger partial charge in [0.05, 0.1) is 16.9 Å². The predicted molar refractivity (Wildman–Crippen MR) is 153 cm³/mol. The van der Waals surface area contributed by atoms with E-state index in [-0.39, 0.29) is 5.56 Å². The van der Waals surface area contributed by atoms with Gasteiger partial charge < -0.3 is 15.2 Å². The molecule has 4 aromatic rings. The van der Waals surface area contributed by atoms with E-state index < -0.39 is 35.0 Å². The third-order valence-corrected chi connectivity index (χ3v) is 8.10. The fraction of sp³-hybridized carbons (Fsp3) is 0.300. The molecule has 2 N–H and O–H groups in total. The molecule has 3 unspecified atom stereocenters. The van der Waals surface area contributed by atoms with Crippen molar-refractivity contribution >= 4 is 23.3 Å². The Morgan fingerprint density at radius 3 is 2.40 bits per heavy atom. The maximum Gasteiger partial charge on any atom is 0.348 e. The number of nitrogens with zero attached hydrogens (tertiary/aromatic N) is 6. The number of halogens is 1. The van der Waals surface area contributed by atoms with E-state index >= 15 is 4.39 Å². The van der Waals surface area contributed by atoms with Crippen molar-refractivity contribution in [3.63, 3.8) is 0 Å². The highest BCUT2D eigenvalue weighted by molar-refractivity contribution is 6.07. The van der Waals surface area contributed by atoms with Gasteiger partial charge in [-0.15, -0.1) is 10.2 Å². The van der Waals surface area contributed by atoms with Gasteiger partial charge in [-0.3, -0.25) is 4.79 Å². The minimum Gasteiger partial charge on any atom is -0.632 e. The lowest BCUT2D eigenvalue weighted by atomic mass is 9.96. The molecule has 1 aromatic heterocycles. The van der Waals surface area contributed by atoms with E-state index in [1.807, 2.05) is 0 Å². The smallest absolute Gasteiger partial charge is 0.348 e. The lowest BCUT2D eigenvalue weighted by molar-refractivity contribution is -0.890. The number of tetrazole rings is 1. The molecule has 3 aromatic carbocycles. The topological polar surface area (TPSA) is 124 Å². The number of quaternary nitrogens is 1. The summed E-state index contributed by atoms with van der Waals surface area (Å²) in [5, 5.41) is 25.2. The molecular weight excluding hydrogens is 539 g/mol. The quantitative estimate of drug-likeness (QED) is 0.328. The van der Waals surface area contributed by atoms with Gasteiger partial charge in [-0.1, -0.05) is 79.1 Å². The zero-order valence-corrected chi connectivity index (χ0v) is 22.8. The summed E-state index contributed by atoms with van der Waals surface area (Å²) < 4.78 is 15.4. The van der Waals surface area contributed by atoms with Crippen molar-refractivity contribution in [3.05, 3.63) is 107 Å². The van der Waals surface area contributed by atoms with Crippen molar-refractivity contribution in [1.29, 1.82) is 0 Å². The van der Waals surface area contributed by atoms with Crippen LogP contribution in [0.15, 0.2) is 85.2 Å². The maximum absolute atomic E-state index is 15.4. The number of benzene rings is 3. The molecular formula is C30H31FN8O3. The van der Waals surface area contributed by atoms with Gasteiger partial charge >= 0.3 is 11.9 Å². The van der Waals surface area contributed by atoms with Crippen LogP contribution < -0.4 is 20.3 Å². The second-order valence-electron chi connectivity index (χ2n) is 10.6. The molecule has 0 spiro atoms. The van der Waals surface area contributed by atoms with Crippen molar-refractivity contribution in [3.8, 4) is 0 Å². The number of amides is 3. The number of nitrogens with one attached hydrogen (secondary N) is 2. The SMILES string of the molecule is O=C1C(N(C(=O)Nn2ncnn2)c2ccccc2)[NH+]([O-])C(c2ccccc2F)c2ccccc2N1CCC1CCCC1. The standard InChI is InChI=1S/C30H31FN8O3/c31-25-16-8-6-14-23(25)27-24-15-7-9-17-26(24)36(19-18-21-10-4-5-11-21)29(40)28(38(27)42)37(22-12-2-1-3-13-22)30(41)34-39-33-20-32-35-39/h1-3,6-9,12-17,20-21,27-28,38H,4-5,10-11,18-19H2,(H,34,41). The van der Waals surface area contributed by atoms with Crippen molar-refractivity contribution in [2.45, 2.75) is 44.3 Å². The van der Waals surface area contributed by atoms with Crippen LogP contribution in [0.4, 0.5) is 20.6 Å². The summed E-state index contributed by atoms with van der Waals surface area (Å²) in [6.07, 6.45) is 4.78. The zero-order valence-electron chi connectivity index (χ0n) is 22.8. The number of urea groups is 1. The number of hydrogen-bond donors (Lipinski definition) is 2. The van der Waals surface area contributed by atoms with Crippen LogP contribution in [0.5, 0.6) is 0 Å². The van der Waals surface area contributed by atoms with Gasteiger partial charge in [0.15, 0.2) is 6.33 Å². The number of anilines is 2. The second kappa shape index (κ2) is 12.0. The number of carbonyl (C=O) groups excluding carboxylic acids is 2. The first kappa shape index (κ1) is 27.5. The Labute approximate surface area is 242 Å². The van der Waals surface area contributed by atoms with E-state index in [1.54, 1.807) is 77.7 Å². The van der Waals surface area contributed by atoms with Gasteiger partial charge in [0.25, 0.3) is 6.17 Å². The molecule has 1 fully saturated rings. The van der Waals surface area contributed by atoms with Gasteiger partial charge in [-0.05, 0) is 47.9 Å². The number of hydroxylamine groups is 2. The second-order valence-corrected chi connectivity index (χ2v) is 10.6. The third-order valence-electron chi connectivity index (χ3n) is 8.10. The Kier molecular flexibility index (Phi) is 7.89. The third kappa shape index (κ3) is 5.33. The molecule has 0 radical (unpaired) electrons. The first-order valence-electron chi connectivity index (χ1n) is 14.1. The lowest BCUT2D eigenvalue weighted by Crippen LogP contribution is -3.15. The van der Waals surface area contributed by atoms with Crippen LogP contribution in [-0.2, 0) is 4.79 Å². The Balaban J connectivity index is 1.50. The molecule has 0 bridgehead atoms. The first-order chi connectivity index (χ1) is 20.5. The van der Waals surface area contributed by atoms with Crippen LogP contribution >= 0.6 is 0 Å². The molecule has 3 atom stereocenters. The maximum atomic E-state index is 15.4. The van der Waals surface area contributed by atoms with Gasteiger partial charge in [-0.2, -0.15) is 0 Å². The van der Waals surface area contributed by atoms with E-state index in [2.05, 4.69) is 20.8 Å². The Hall–Kier alpha value is -4.68. The van der Waals surface area contributed by atoms with Crippen molar-refractivity contribution in [2.24, 2.45) is 5.92 Å². The highest BCUT2D eigenvalue weighted by Gasteiger charge is 2.47. The van der Waals surface area contributed by atoms with E-state index in [0.717, 1.165) is 48.2 Å². The Morgan fingerprint density at radius 2 is 1.69 bits per heavy atom. The molecule has 12 heteroatoms. The van der Waals surface area contributed by atoms with Gasteiger partial charge in [-0.25, -0.2) is 19.5 Å². The fourth-order valence-corrected chi connectivity index (χ4v) is 6.12. The van der Waals surface area contributed by atoms with E-state index in [1.165, 1.54) is 6.07 Å². The Bertz CT molecular complexity index is 1530. The van der Waals surface area contributed by atoms with Crippen LogP contribution in [0.1, 0.15) is 49.3 Å². The number of hydrogen-bond acceptors (Lipinski definition) is 6. The fourth-order valence-electron chi connectivity index (χ4n) is 6.12. The normalized spacial score (nSPS) is 20.7. The summed E-state index contributed by atoms with van der Waals surface area (Å²) in [5.74, 6) is -0.662. The van der Waals surface area contributed by atoms with Crippen LogP contribution in [-0.4, -0.2) is 45.0 Å². The van der Waals surface area contributed by atoms with Gasteiger partial charge in [0.2, 0.25) is 0 Å². The average Bonchev–Trinajstić information content (AvgIpc) is 3.71.